The van der Waals surface area contributed by atoms with Crippen LogP contribution < -0.4 is 0 Å². The second-order valence-corrected chi connectivity index (χ2v) is 11.3. The van der Waals surface area contributed by atoms with Crippen molar-refractivity contribution in [3.05, 3.63) is 93.0 Å². The third-order valence-electron chi connectivity index (χ3n) is 9.05. The lowest BCUT2D eigenvalue weighted by molar-refractivity contribution is 1.00. The Morgan fingerprint density at radius 3 is 0.977 bits per heavy atom. The van der Waals surface area contributed by atoms with Gasteiger partial charge < -0.3 is 9.13 Å². The van der Waals surface area contributed by atoms with Crippen LogP contribution in [0.15, 0.2) is 48.5 Å². The quantitative estimate of drug-likeness (QED) is 0.170. The number of hydrogen-bond acceptors (Lipinski definition) is 0. The van der Waals surface area contributed by atoms with Gasteiger partial charge in [-0.15, -0.1) is 0 Å². The SMILES string of the molecule is CC.CC.CCC.Cc1c(C)c(C)c2c(c1C)c1ccccc1n2C.Cc1c(C)c(C)c2c(c1C)c1ccccc1n2C. The molecule has 0 radical (unpaired) electrons. The first-order valence-electron chi connectivity index (χ1n) is 16.4. The zero-order valence-corrected chi connectivity index (χ0v) is 30.2. The van der Waals surface area contributed by atoms with E-state index in [4.69, 9.17) is 0 Å². The molecule has 0 unspecified atom stereocenters. The van der Waals surface area contributed by atoms with Crippen LogP contribution in [0.4, 0.5) is 0 Å². The summed E-state index contributed by atoms with van der Waals surface area (Å²) in [4.78, 5) is 0. The van der Waals surface area contributed by atoms with Crippen LogP contribution in [0, 0.1) is 55.4 Å². The van der Waals surface area contributed by atoms with Crippen molar-refractivity contribution >= 4 is 43.6 Å². The zero-order valence-electron chi connectivity index (χ0n) is 30.2. The number of para-hydroxylation sites is 2. The highest BCUT2D eigenvalue weighted by Gasteiger charge is 2.17. The van der Waals surface area contributed by atoms with Gasteiger partial charge in [0, 0.05) is 46.7 Å². The number of nitrogens with zero attached hydrogens (tertiary/aromatic N) is 2. The molecule has 0 atom stereocenters. The van der Waals surface area contributed by atoms with Crippen LogP contribution in [0.1, 0.15) is 92.5 Å². The fourth-order valence-electron chi connectivity index (χ4n) is 6.28. The molecule has 0 bridgehead atoms. The monoisotopic (exact) mass is 578 g/mol. The molecule has 6 aromatic rings. The molecule has 0 amide bonds. The third kappa shape index (κ3) is 6.26. The molecule has 0 N–H and O–H groups in total. The Hall–Kier alpha value is -3.52. The van der Waals surface area contributed by atoms with E-state index in [0.29, 0.717) is 0 Å². The molecule has 2 heterocycles. The summed E-state index contributed by atoms with van der Waals surface area (Å²) in [6.45, 7) is 30.2. The summed E-state index contributed by atoms with van der Waals surface area (Å²) in [5.74, 6) is 0. The van der Waals surface area contributed by atoms with Crippen molar-refractivity contribution in [1.29, 1.82) is 0 Å². The molecule has 0 aliphatic heterocycles. The highest BCUT2D eigenvalue weighted by molar-refractivity contribution is 6.12. The molecule has 0 spiro atoms. The van der Waals surface area contributed by atoms with Crippen LogP contribution in [0.5, 0.6) is 0 Å². The molecule has 2 nitrogen and oxygen atoms in total. The summed E-state index contributed by atoms with van der Waals surface area (Å²) in [7, 11) is 4.34. The molecule has 0 saturated heterocycles. The first-order valence-corrected chi connectivity index (χ1v) is 16.4. The van der Waals surface area contributed by atoms with E-state index >= 15 is 0 Å². The van der Waals surface area contributed by atoms with Crippen LogP contribution in [0.2, 0.25) is 0 Å². The van der Waals surface area contributed by atoms with Gasteiger partial charge in [-0.1, -0.05) is 84.4 Å². The maximum Gasteiger partial charge on any atom is 0.0523 e. The van der Waals surface area contributed by atoms with Crippen LogP contribution >= 0.6 is 0 Å². The Labute approximate surface area is 262 Å². The van der Waals surface area contributed by atoms with Crippen molar-refractivity contribution in [3.63, 3.8) is 0 Å². The molecule has 2 aromatic heterocycles. The normalized spacial score (nSPS) is 10.4. The fourth-order valence-corrected chi connectivity index (χ4v) is 6.28. The van der Waals surface area contributed by atoms with Gasteiger partial charge in [0.15, 0.2) is 0 Å². The minimum absolute atomic E-state index is 1.25. The number of hydrogen-bond donors (Lipinski definition) is 0. The number of fused-ring (bicyclic) bond motifs is 6. The topological polar surface area (TPSA) is 9.86 Å². The Bertz CT molecular complexity index is 1700. The van der Waals surface area contributed by atoms with Gasteiger partial charge in [-0.3, -0.25) is 0 Å². The first-order chi connectivity index (χ1) is 20.5. The molecule has 0 aliphatic carbocycles. The van der Waals surface area contributed by atoms with Gasteiger partial charge in [-0.05, 0) is 112 Å². The summed E-state index contributed by atoms with van der Waals surface area (Å²) in [6, 6.07) is 17.4. The van der Waals surface area contributed by atoms with Gasteiger partial charge in [0.1, 0.15) is 0 Å². The maximum atomic E-state index is 2.33. The highest BCUT2D eigenvalue weighted by atomic mass is 14.9. The standard InChI is InChI=1S/2C17H19N.C3H8.2C2H6/c2*1-10-11(2)13(4)17-16(12(10)3)14-8-6-7-9-15(14)18(17)5;1-3-2;2*1-2/h2*6-9H,1-5H3;3H2,1-2H3;2*1-2H3. The van der Waals surface area contributed by atoms with Gasteiger partial charge in [0.25, 0.3) is 0 Å². The average molecular weight is 579 g/mol. The predicted octanol–water partition coefficient (Wildman–Crippen LogP) is 12.6. The van der Waals surface area contributed by atoms with E-state index in [2.05, 4.69) is 141 Å². The molecule has 0 fully saturated rings. The Balaban J connectivity index is 0.000000249. The van der Waals surface area contributed by atoms with E-state index in [1.54, 1.807) is 0 Å². The van der Waals surface area contributed by atoms with Gasteiger partial charge in [-0.25, -0.2) is 0 Å². The molecular weight excluding hydrogens is 520 g/mol. The van der Waals surface area contributed by atoms with E-state index in [-0.39, 0.29) is 0 Å². The average Bonchev–Trinajstić information content (AvgIpc) is 3.51. The summed E-state index contributed by atoms with van der Waals surface area (Å²) in [5.41, 5.74) is 16.8. The number of aryl methyl sites for hydroxylation is 6. The molecule has 2 heteroatoms. The minimum atomic E-state index is 1.25. The third-order valence-corrected chi connectivity index (χ3v) is 9.05. The lowest BCUT2D eigenvalue weighted by Crippen LogP contribution is -1.96. The van der Waals surface area contributed by atoms with Crippen molar-refractivity contribution in [2.24, 2.45) is 14.1 Å². The number of aromatic nitrogens is 2. The Kier molecular flexibility index (Phi) is 12.7. The van der Waals surface area contributed by atoms with Crippen molar-refractivity contribution in [3.8, 4) is 0 Å². The highest BCUT2D eigenvalue weighted by Crippen LogP contribution is 2.37. The van der Waals surface area contributed by atoms with Crippen molar-refractivity contribution in [2.45, 2.75) is 103 Å². The van der Waals surface area contributed by atoms with E-state index in [9.17, 15) is 0 Å². The zero-order chi connectivity index (χ0) is 32.8. The Morgan fingerprint density at radius 1 is 0.419 bits per heavy atom. The summed E-state index contributed by atoms with van der Waals surface area (Å²) in [5, 5.41) is 5.60. The molecule has 0 aliphatic rings. The van der Waals surface area contributed by atoms with E-state index in [1.807, 2.05) is 27.7 Å². The van der Waals surface area contributed by atoms with Gasteiger partial charge >= 0.3 is 0 Å². The number of benzene rings is 4. The fraction of sp³-hybridized carbons (Fsp3) is 0.415. The summed E-state index contributed by atoms with van der Waals surface area (Å²) in [6.07, 6.45) is 1.25. The second-order valence-electron chi connectivity index (χ2n) is 11.3. The molecular formula is C41H58N2. The first kappa shape index (κ1) is 35.7. The smallest absolute Gasteiger partial charge is 0.0523 e. The van der Waals surface area contributed by atoms with E-state index < -0.39 is 0 Å². The van der Waals surface area contributed by atoms with Gasteiger partial charge in [0.2, 0.25) is 0 Å². The minimum Gasteiger partial charge on any atom is -0.343 e. The lowest BCUT2D eigenvalue weighted by Gasteiger charge is -2.12. The van der Waals surface area contributed by atoms with Crippen molar-refractivity contribution in [1.82, 2.24) is 9.13 Å². The van der Waals surface area contributed by atoms with Crippen LogP contribution in [0.3, 0.4) is 0 Å². The molecule has 232 valence electrons. The molecule has 43 heavy (non-hydrogen) atoms. The summed E-state index contributed by atoms with van der Waals surface area (Å²) < 4.78 is 4.67. The van der Waals surface area contributed by atoms with Crippen molar-refractivity contribution < 1.29 is 0 Å². The predicted molar refractivity (Wildman–Crippen MR) is 197 cm³/mol. The van der Waals surface area contributed by atoms with Crippen molar-refractivity contribution in [2.75, 3.05) is 0 Å². The largest absolute Gasteiger partial charge is 0.343 e. The van der Waals surface area contributed by atoms with Crippen LogP contribution in [-0.2, 0) is 14.1 Å². The van der Waals surface area contributed by atoms with Gasteiger partial charge in [-0.2, -0.15) is 0 Å². The maximum absolute atomic E-state index is 2.33. The molecule has 4 aromatic carbocycles. The van der Waals surface area contributed by atoms with Crippen LogP contribution in [0.25, 0.3) is 43.6 Å². The van der Waals surface area contributed by atoms with E-state index in [1.165, 1.54) is 94.5 Å². The summed E-state index contributed by atoms with van der Waals surface area (Å²) >= 11 is 0. The molecule has 0 saturated carbocycles. The molecule has 6 rings (SSSR count). The van der Waals surface area contributed by atoms with E-state index in [0.717, 1.165) is 0 Å². The lowest BCUT2D eigenvalue weighted by atomic mass is 9.94. The Morgan fingerprint density at radius 2 is 0.674 bits per heavy atom. The van der Waals surface area contributed by atoms with Crippen LogP contribution in [-0.4, -0.2) is 9.13 Å². The van der Waals surface area contributed by atoms with Gasteiger partial charge in [0.05, 0.1) is 11.0 Å². The second kappa shape index (κ2) is 15.3. The number of rotatable bonds is 0.